The van der Waals surface area contributed by atoms with Crippen LogP contribution in [0.3, 0.4) is 0 Å². The predicted octanol–water partition coefficient (Wildman–Crippen LogP) is 1.92. The largest absolute Gasteiger partial charge is 0.480 e. The van der Waals surface area contributed by atoms with Crippen LogP contribution in [0.15, 0.2) is 0 Å². The third-order valence-electron chi connectivity index (χ3n) is 3.13. The van der Waals surface area contributed by atoms with E-state index >= 15 is 0 Å². The molecule has 0 radical (unpaired) electrons. The number of nitrogens with two attached hydrogens (primary N) is 1. The summed E-state index contributed by atoms with van der Waals surface area (Å²) in [6.45, 7) is 0.911. The second-order valence-electron chi connectivity index (χ2n) is 4.57. The Bertz CT molecular complexity index is 202. The maximum atomic E-state index is 10.5. The first kappa shape index (κ1) is 13.5. The van der Waals surface area contributed by atoms with Crippen LogP contribution in [0.5, 0.6) is 0 Å². The molecule has 0 bridgehead atoms. The van der Waals surface area contributed by atoms with Crippen molar-refractivity contribution in [3.05, 3.63) is 0 Å². The highest BCUT2D eigenvalue weighted by Gasteiger charge is 2.13. The highest BCUT2D eigenvalue weighted by atomic mass is 16.5. The van der Waals surface area contributed by atoms with Crippen molar-refractivity contribution in [2.24, 2.45) is 5.73 Å². The third kappa shape index (κ3) is 5.47. The SMILES string of the molecule is NC(CCCCCC1CCCCO1)C(=O)O. The van der Waals surface area contributed by atoms with Gasteiger partial charge in [-0.2, -0.15) is 0 Å². The molecule has 4 nitrogen and oxygen atoms in total. The number of unbranched alkanes of at least 4 members (excludes halogenated alkanes) is 2. The van der Waals surface area contributed by atoms with Crippen molar-refractivity contribution in [3.8, 4) is 0 Å². The molecule has 0 saturated carbocycles. The molecular formula is C12H23NO3. The molecule has 16 heavy (non-hydrogen) atoms. The van der Waals surface area contributed by atoms with Crippen molar-refractivity contribution in [2.75, 3.05) is 6.61 Å². The molecule has 2 atom stereocenters. The molecule has 0 spiro atoms. The van der Waals surface area contributed by atoms with Crippen molar-refractivity contribution in [2.45, 2.75) is 63.5 Å². The van der Waals surface area contributed by atoms with E-state index in [0.29, 0.717) is 12.5 Å². The summed E-state index contributed by atoms with van der Waals surface area (Å²) in [6.07, 6.45) is 8.90. The van der Waals surface area contributed by atoms with Gasteiger partial charge in [-0.3, -0.25) is 4.79 Å². The summed E-state index contributed by atoms with van der Waals surface area (Å²) in [5, 5.41) is 8.60. The fraction of sp³-hybridized carbons (Fsp3) is 0.917. The zero-order valence-corrected chi connectivity index (χ0v) is 9.86. The van der Waals surface area contributed by atoms with E-state index in [4.69, 9.17) is 15.6 Å². The number of aliphatic carboxylic acids is 1. The molecule has 0 amide bonds. The van der Waals surface area contributed by atoms with Gasteiger partial charge in [0, 0.05) is 6.61 Å². The van der Waals surface area contributed by atoms with Gasteiger partial charge in [-0.05, 0) is 32.1 Å². The molecule has 1 heterocycles. The van der Waals surface area contributed by atoms with Crippen LogP contribution in [-0.2, 0) is 9.53 Å². The zero-order chi connectivity index (χ0) is 11.8. The van der Waals surface area contributed by atoms with Gasteiger partial charge in [-0.1, -0.05) is 19.3 Å². The summed E-state index contributed by atoms with van der Waals surface area (Å²) in [4.78, 5) is 10.5. The van der Waals surface area contributed by atoms with Crippen molar-refractivity contribution < 1.29 is 14.6 Å². The highest BCUT2D eigenvalue weighted by Crippen LogP contribution is 2.18. The minimum absolute atomic E-state index is 0.446. The summed E-state index contributed by atoms with van der Waals surface area (Å²) in [7, 11) is 0. The number of carboxylic acids is 1. The van der Waals surface area contributed by atoms with E-state index in [-0.39, 0.29) is 0 Å². The molecule has 0 aromatic carbocycles. The molecule has 0 aromatic rings. The Morgan fingerprint density at radius 1 is 1.38 bits per heavy atom. The maximum Gasteiger partial charge on any atom is 0.320 e. The van der Waals surface area contributed by atoms with Gasteiger partial charge in [0.05, 0.1) is 6.10 Å². The van der Waals surface area contributed by atoms with Crippen LogP contribution in [0, 0.1) is 0 Å². The Morgan fingerprint density at radius 2 is 2.19 bits per heavy atom. The Balaban J connectivity index is 1.93. The normalized spacial score (nSPS) is 22.9. The molecule has 1 fully saturated rings. The maximum absolute atomic E-state index is 10.5. The summed E-state index contributed by atoms with van der Waals surface area (Å²) < 4.78 is 5.63. The molecule has 0 aromatic heterocycles. The van der Waals surface area contributed by atoms with Gasteiger partial charge in [0.1, 0.15) is 6.04 Å². The molecule has 1 aliphatic heterocycles. The van der Waals surface area contributed by atoms with Gasteiger partial charge in [-0.25, -0.2) is 0 Å². The summed E-state index contributed by atoms with van der Waals surface area (Å²) in [6, 6.07) is -0.689. The molecular weight excluding hydrogens is 206 g/mol. The van der Waals surface area contributed by atoms with Crippen LogP contribution >= 0.6 is 0 Å². The number of rotatable bonds is 7. The number of carboxylic acid groups (broad SMARTS) is 1. The molecule has 1 saturated heterocycles. The van der Waals surface area contributed by atoms with Gasteiger partial charge in [0.15, 0.2) is 0 Å². The number of hydrogen-bond donors (Lipinski definition) is 2. The first-order valence-electron chi connectivity index (χ1n) is 6.30. The zero-order valence-electron chi connectivity index (χ0n) is 9.86. The number of hydrogen-bond acceptors (Lipinski definition) is 3. The van der Waals surface area contributed by atoms with E-state index < -0.39 is 12.0 Å². The van der Waals surface area contributed by atoms with Crippen LogP contribution in [-0.4, -0.2) is 29.8 Å². The van der Waals surface area contributed by atoms with Crippen molar-refractivity contribution in [1.29, 1.82) is 0 Å². The van der Waals surface area contributed by atoms with Crippen LogP contribution in [0.2, 0.25) is 0 Å². The van der Waals surface area contributed by atoms with Crippen LogP contribution in [0.25, 0.3) is 0 Å². The smallest absolute Gasteiger partial charge is 0.320 e. The molecule has 3 N–H and O–H groups in total. The van der Waals surface area contributed by atoms with E-state index in [1.807, 2.05) is 0 Å². The Kier molecular flexibility index (Phi) is 6.42. The summed E-state index contributed by atoms with van der Waals surface area (Å²) in [5.41, 5.74) is 5.42. The van der Waals surface area contributed by atoms with Gasteiger partial charge in [0.2, 0.25) is 0 Å². The second kappa shape index (κ2) is 7.63. The lowest BCUT2D eigenvalue weighted by molar-refractivity contribution is -0.138. The molecule has 94 valence electrons. The lowest BCUT2D eigenvalue weighted by atomic mass is 10.0. The lowest BCUT2D eigenvalue weighted by Gasteiger charge is -2.22. The number of ether oxygens (including phenoxy) is 1. The van der Waals surface area contributed by atoms with E-state index in [1.165, 1.54) is 19.3 Å². The van der Waals surface area contributed by atoms with E-state index in [9.17, 15) is 4.79 Å². The molecule has 1 rings (SSSR count). The molecule has 4 heteroatoms. The van der Waals surface area contributed by atoms with E-state index in [1.54, 1.807) is 0 Å². The molecule has 1 aliphatic rings. The second-order valence-corrected chi connectivity index (χ2v) is 4.57. The van der Waals surface area contributed by atoms with Gasteiger partial charge < -0.3 is 15.6 Å². The minimum atomic E-state index is -0.893. The summed E-state index contributed by atoms with van der Waals surface area (Å²) >= 11 is 0. The van der Waals surface area contributed by atoms with Gasteiger partial charge in [0.25, 0.3) is 0 Å². The minimum Gasteiger partial charge on any atom is -0.480 e. The van der Waals surface area contributed by atoms with Crippen LogP contribution in [0.1, 0.15) is 51.4 Å². The molecule has 0 aliphatic carbocycles. The Morgan fingerprint density at radius 3 is 2.81 bits per heavy atom. The van der Waals surface area contributed by atoms with Gasteiger partial charge in [-0.15, -0.1) is 0 Å². The van der Waals surface area contributed by atoms with Crippen molar-refractivity contribution in [3.63, 3.8) is 0 Å². The van der Waals surface area contributed by atoms with Gasteiger partial charge >= 0.3 is 5.97 Å². The van der Waals surface area contributed by atoms with E-state index in [0.717, 1.165) is 32.3 Å². The fourth-order valence-corrected chi connectivity index (χ4v) is 2.07. The Labute approximate surface area is 97.2 Å². The van der Waals surface area contributed by atoms with Crippen molar-refractivity contribution >= 4 is 5.97 Å². The third-order valence-corrected chi connectivity index (χ3v) is 3.13. The first-order valence-corrected chi connectivity index (χ1v) is 6.30. The van der Waals surface area contributed by atoms with Crippen LogP contribution < -0.4 is 5.73 Å². The Hall–Kier alpha value is -0.610. The average molecular weight is 229 g/mol. The number of carbonyl (C=O) groups is 1. The van der Waals surface area contributed by atoms with Crippen LogP contribution in [0.4, 0.5) is 0 Å². The molecule has 2 unspecified atom stereocenters. The first-order chi connectivity index (χ1) is 7.70. The summed E-state index contributed by atoms with van der Waals surface area (Å²) in [5.74, 6) is -0.893. The standard InChI is InChI=1S/C12H23NO3/c13-11(12(14)15)8-3-1-2-6-10-7-4-5-9-16-10/h10-11H,1-9,13H2,(H,14,15). The average Bonchev–Trinajstić information content (AvgIpc) is 2.29. The predicted molar refractivity (Wildman–Crippen MR) is 62.3 cm³/mol. The monoisotopic (exact) mass is 229 g/mol. The lowest BCUT2D eigenvalue weighted by Crippen LogP contribution is -2.29. The fourth-order valence-electron chi connectivity index (χ4n) is 2.07. The van der Waals surface area contributed by atoms with E-state index in [2.05, 4.69) is 0 Å². The topological polar surface area (TPSA) is 72.5 Å². The quantitative estimate of drug-likeness (QED) is 0.654. The highest BCUT2D eigenvalue weighted by molar-refractivity contribution is 5.72. The van der Waals surface area contributed by atoms with Crippen molar-refractivity contribution in [1.82, 2.24) is 0 Å².